The third kappa shape index (κ3) is 6.60. The van der Waals surface area contributed by atoms with Crippen molar-refractivity contribution in [3.05, 3.63) is 107 Å². The first-order chi connectivity index (χ1) is 19.8. The zero-order valence-electron chi connectivity index (χ0n) is 24.9. The normalized spacial score (nSPS) is 13.6. The van der Waals surface area contributed by atoms with E-state index in [1.807, 2.05) is 13.0 Å². The largest absolute Gasteiger partial charge is 0.462 e. The van der Waals surface area contributed by atoms with Crippen LogP contribution in [0.5, 0.6) is 11.5 Å². The molecule has 6 nitrogen and oxygen atoms in total. The average molecular weight is 565 g/mol. The van der Waals surface area contributed by atoms with E-state index in [2.05, 4.69) is 57.0 Å². The Labute approximate surface area is 247 Å². The summed E-state index contributed by atoms with van der Waals surface area (Å²) >= 11 is 0. The summed E-state index contributed by atoms with van der Waals surface area (Å²) in [7, 11) is 0. The summed E-state index contributed by atoms with van der Waals surface area (Å²) in [6, 6.07) is 15.9. The van der Waals surface area contributed by atoms with Gasteiger partial charge in [0.1, 0.15) is 0 Å². The molecule has 0 spiro atoms. The van der Waals surface area contributed by atoms with Crippen LogP contribution in [0.25, 0.3) is 22.3 Å². The van der Waals surface area contributed by atoms with Gasteiger partial charge in [-0.15, -0.1) is 0 Å². The number of carbonyl (C=O) groups excluding carboxylic acids is 3. The highest BCUT2D eigenvalue weighted by atomic mass is 16.6. The maximum Gasteiger partial charge on any atom is 0.338 e. The molecule has 3 aromatic rings. The van der Waals surface area contributed by atoms with E-state index in [4.69, 9.17) is 14.2 Å². The summed E-state index contributed by atoms with van der Waals surface area (Å²) in [5.41, 5.74) is 9.49. The van der Waals surface area contributed by atoms with Crippen LogP contribution in [0.3, 0.4) is 0 Å². The number of hydrogen-bond acceptors (Lipinski definition) is 6. The fourth-order valence-electron chi connectivity index (χ4n) is 5.00. The molecule has 0 heterocycles. The molecule has 216 valence electrons. The van der Waals surface area contributed by atoms with Gasteiger partial charge in [-0.3, -0.25) is 0 Å². The predicted molar refractivity (Wildman–Crippen MR) is 165 cm³/mol. The van der Waals surface area contributed by atoms with Gasteiger partial charge in [0, 0.05) is 22.6 Å². The SMILES string of the molecule is C=C(C)C(=O)OCC1CCc2cc(-c3cc(C)c(-c4ccc(OC(=O)C(=C)C)c(OC(=O)C(=C)C)c4)cc3C)ccc21. The van der Waals surface area contributed by atoms with Crippen LogP contribution in [0.15, 0.2) is 85.0 Å². The molecule has 3 aromatic carbocycles. The van der Waals surface area contributed by atoms with E-state index in [0.717, 1.165) is 46.2 Å². The van der Waals surface area contributed by atoms with Crippen molar-refractivity contribution in [2.24, 2.45) is 0 Å². The first-order valence-electron chi connectivity index (χ1n) is 13.8. The standard InChI is InChI=1S/C36H36O6/c1-20(2)34(37)40-19-28-10-9-25-17-26(11-13-29(25)28)30-15-24(8)31(16-23(30)7)27-12-14-32(41-35(38)21(3)4)33(18-27)42-36(39)22(5)6/h11-18,28H,1,3,5,9-10,19H2,2,4,6-8H3. The van der Waals surface area contributed by atoms with Gasteiger partial charge in [0.2, 0.25) is 0 Å². The molecule has 1 atom stereocenters. The van der Waals surface area contributed by atoms with Gasteiger partial charge in [-0.25, -0.2) is 14.4 Å². The third-order valence-electron chi connectivity index (χ3n) is 7.35. The van der Waals surface area contributed by atoms with Crippen LogP contribution in [-0.2, 0) is 25.5 Å². The summed E-state index contributed by atoms with van der Waals surface area (Å²) in [6.07, 6.45) is 1.87. The second-order valence-electron chi connectivity index (χ2n) is 11.0. The molecular formula is C36H36O6. The van der Waals surface area contributed by atoms with Crippen molar-refractivity contribution < 1.29 is 28.6 Å². The Morgan fingerprint density at radius 3 is 1.81 bits per heavy atom. The van der Waals surface area contributed by atoms with Crippen LogP contribution in [-0.4, -0.2) is 24.5 Å². The van der Waals surface area contributed by atoms with Gasteiger partial charge in [0.15, 0.2) is 11.5 Å². The Kier molecular flexibility index (Phi) is 8.96. The van der Waals surface area contributed by atoms with Gasteiger partial charge in [-0.1, -0.05) is 56.1 Å². The number of aryl methyl sites for hydroxylation is 3. The maximum atomic E-state index is 12.3. The minimum atomic E-state index is -0.615. The third-order valence-corrected chi connectivity index (χ3v) is 7.35. The highest BCUT2D eigenvalue weighted by Crippen LogP contribution is 2.40. The highest BCUT2D eigenvalue weighted by molar-refractivity contribution is 5.91. The molecule has 0 N–H and O–H groups in total. The molecule has 1 aliphatic carbocycles. The molecule has 42 heavy (non-hydrogen) atoms. The van der Waals surface area contributed by atoms with Gasteiger partial charge >= 0.3 is 17.9 Å². The van der Waals surface area contributed by atoms with Gasteiger partial charge in [-0.2, -0.15) is 0 Å². The molecule has 4 rings (SSSR count). The Morgan fingerprint density at radius 1 is 0.714 bits per heavy atom. The lowest BCUT2D eigenvalue weighted by Crippen LogP contribution is -2.12. The summed E-state index contributed by atoms with van der Waals surface area (Å²) in [5, 5.41) is 0. The Bertz CT molecular complexity index is 1640. The molecule has 1 aliphatic rings. The van der Waals surface area contributed by atoms with Crippen molar-refractivity contribution in [2.75, 3.05) is 6.61 Å². The van der Waals surface area contributed by atoms with Crippen molar-refractivity contribution in [3.8, 4) is 33.8 Å². The highest BCUT2D eigenvalue weighted by Gasteiger charge is 2.25. The van der Waals surface area contributed by atoms with Crippen molar-refractivity contribution >= 4 is 17.9 Å². The van der Waals surface area contributed by atoms with Crippen molar-refractivity contribution in [3.63, 3.8) is 0 Å². The first kappa shape index (κ1) is 30.3. The zero-order chi connectivity index (χ0) is 30.7. The van der Waals surface area contributed by atoms with Gasteiger partial charge in [0.05, 0.1) is 6.61 Å². The fourth-order valence-corrected chi connectivity index (χ4v) is 5.00. The van der Waals surface area contributed by atoms with E-state index in [-0.39, 0.29) is 34.5 Å². The number of carbonyl (C=O) groups is 3. The van der Waals surface area contributed by atoms with Crippen molar-refractivity contribution in [1.82, 2.24) is 0 Å². The number of ether oxygens (including phenoxy) is 3. The number of benzene rings is 3. The quantitative estimate of drug-likeness (QED) is 0.150. The molecule has 0 aromatic heterocycles. The smallest absolute Gasteiger partial charge is 0.338 e. The minimum absolute atomic E-state index is 0.123. The lowest BCUT2D eigenvalue weighted by Gasteiger charge is -2.17. The van der Waals surface area contributed by atoms with E-state index in [1.165, 1.54) is 11.1 Å². The van der Waals surface area contributed by atoms with Crippen LogP contribution in [0, 0.1) is 13.8 Å². The van der Waals surface area contributed by atoms with Gasteiger partial charge in [0.25, 0.3) is 0 Å². The predicted octanol–water partition coefficient (Wildman–Crippen LogP) is 7.75. The molecule has 0 radical (unpaired) electrons. The number of esters is 3. The van der Waals surface area contributed by atoms with Crippen LogP contribution in [0.4, 0.5) is 0 Å². The summed E-state index contributed by atoms with van der Waals surface area (Å²) in [6.45, 7) is 20.1. The van der Waals surface area contributed by atoms with Crippen LogP contribution >= 0.6 is 0 Å². The molecule has 1 unspecified atom stereocenters. The Hall–Kier alpha value is -4.71. The lowest BCUT2D eigenvalue weighted by molar-refractivity contribution is -0.139. The Balaban J connectivity index is 1.64. The lowest BCUT2D eigenvalue weighted by atomic mass is 9.90. The second-order valence-corrected chi connectivity index (χ2v) is 11.0. The first-order valence-corrected chi connectivity index (χ1v) is 13.8. The number of rotatable bonds is 9. The molecule has 0 bridgehead atoms. The van der Waals surface area contributed by atoms with E-state index in [0.29, 0.717) is 12.2 Å². The number of fused-ring (bicyclic) bond motifs is 1. The Morgan fingerprint density at radius 2 is 1.24 bits per heavy atom. The van der Waals surface area contributed by atoms with Gasteiger partial charge in [-0.05, 0) is 104 Å². The molecule has 0 saturated heterocycles. The molecule has 0 fully saturated rings. The van der Waals surface area contributed by atoms with Crippen molar-refractivity contribution in [1.29, 1.82) is 0 Å². The summed E-state index contributed by atoms with van der Waals surface area (Å²) < 4.78 is 16.4. The minimum Gasteiger partial charge on any atom is -0.462 e. The van der Waals surface area contributed by atoms with Crippen LogP contribution in [0.2, 0.25) is 0 Å². The van der Waals surface area contributed by atoms with E-state index in [1.54, 1.807) is 32.9 Å². The van der Waals surface area contributed by atoms with E-state index >= 15 is 0 Å². The average Bonchev–Trinajstić information content (AvgIpc) is 3.35. The second kappa shape index (κ2) is 12.4. The topological polar surface area (TPSA) is 78.9 Å². The van der Waals surface area contributed by atoms with Crippen molar-refractivity contribution in [2.45, 2.75) is 53.4 Å². The molecule has 6 heteroatoms. The molecular weight excluding hydrogens is 528 g/mol. The summed E-state index contributed by atoms with van der Waals surface area (Å²) in [4.78, 5) is 36.4. The van der Waals surface area contributed by atoms with Gasteiger partial charge < -0.3 is 14.2 Å². The molecule has 0 amide bonds. The molecule has 0 saturated carbocycles. The zero-order valence-corrected chi connectivity index (χ0v) is 24.9. The number of hydrogen-bond donors (Lipinski definition) is 0. The molecule has 0 aliphatic heterocycles. The van der Waals surface area contributed by atoms with Crippen LogP contribution in [0.1, 0.15) is 55.4 Å². The monoisotopic (exact) mass is 564 g/mol. The summed E-state index contributed by atoms with van der Waals surface area (Å²) in [5.74, 6) is -1.14. The van der Waals surface area contributed by atoms with E-state index in [9.17, 15) is 14.4 Å². The van der Waals surface area contributed by atoms with E-state index < -0.39 is 11.9 Å². The van der Waals surface area contributed by atoms with Crippen LogP contribution < -0.4 is 9.47 Å². The fraction of sp³-hybridized carbons (Fsp3) is 0.250. The maximum absolute atomic E-state index is 12.3.